The van der Waals surface area contributed by atoms with Crippen molar-refractivity contribution < 1.29 is 14.7 Å². The van der Waals surface area contributed by atoms with E-state index in [9.17, 15) is 9.59 Å². The summed E-state index contributed by atoms with van der Waals surface area (Å²) in [6, 6.07) is 1.79. The number of thioether (sulfide) groups is 1. The minimum absolute atomic E-state index is 0.00523. The lowest BCUT2D eigenvalue weighted by Gasteiger charge is -2.22. The number of aryl methyl sites for hydroxylation is 1. The van der Waals surface area contributed by atoms with Crippen LogP contribution in [0, 0.1) is 5.92 Å². The van der Waals surface area contributed by atoms with Crippen LogP contribution in [0.15, 0.2) is 6.07 Å². The molecule has 0 spiro atoms. The first-order valence-electron chi connectivity index (χ1n) is 6.81. The fourth-order valence-corrected chi connectivity index (χ4v) is 5.28. The molecule has 0 radical (unpaired) electrons. The van der Waals surface area contributed by atoms with E-state index in [1.165, 1.54) is 10.4 Å². The topological polar surface area (TPSA) is 57.6 Å². The first-order valence-corrected chi connectivity index (χ1v) is 8.78. The third-order valence-electron chi connectivity index (χ3n) is 4.17. The number of thiophene rings is 1. The molecule has 1 fully saturated rings. The molecule has 1 amide bonds. The van der Waals surface area contributed by atoms with Crippen molar-refractivity contribution in [3.63, 3.8) is 0 Å². The van der Waals surface area contributed by atoms with Gasteiger partial charge in [0.2, 0.25) is 0 Å². The lowest BCUT2D eigenvalue weighted by Crippen LogP contribution is -2.37. The summed E-state index contributed by atoms with van der Waals surface area (Å²) >= 11 is 3.49. The Kier molecular flexibility index (Phi) is 3.77. The maximum atomic E-state index is 12.6. The van der Waals surface area contributed by atoms with Crippen LogP contribution in [0.4, 0.5) is 0 Å². The summed E-state index contributed by atoms with van der Waals surface area (Å²) in [6.45, 7) is 2.39. The van der Waals surface area contributed by atoms with Crippen LogP contribution in [0.2, 0.25) is 0 Å². The molecule has 1 aromatic rings. The third-order valence-corrected chi connectivity index (χ3v) is 6.40. The van der Waals surface area contributed by atoms with Crippen LogP contribution >= 0.6 is 23.1 Å². The molecule has 3 heterocycles. The van der Waals surface area contributed by atoms with E-state index >= 15 is 0 Å². The standard InChI is InChI=1S/C14H17NO3S2/c1-8-10(14(17)18)2-4-15(8)13(16)12-6-9-7-19-5-3-11(9)20-12/h6,8,10H,2-5,7H2,1H3,(H,17,18). The number of aliphatic carboxylic acids is 1. The third kappa shape index (κ3) is 2.35. The summed E-state index contributed by atoms with van der Waals surface area (Å²) in [6.07, 6.45) is 1.61. The summed E-state index contributed by atoms with van der Waals surface area (Å²) in [4.78, 5) is 27.5. The predicted octanol–water partition coefficient (Wildman–Crippen LogP) is 2.47. The Morgan fingerprint density at radius 2 is 2.25 bits per heavy atom. The number of hydrogen-bond donors (Lipinski definition) is 1. The van der Waals surface area contributed by atoms with Crippen LogP contribution < -0.4 is 0 Å². The van der Waals surface area contributed by atoms with Crippen molar-refractivity contribution in [2.45, 2.75) is 31.6 Å². The number of carbonyl (C=O) groups is 2. The van der Waals surface area contributed by atoms with Crippen LogP contribution in [0.5, 0.6) is 0 Å². The van der Waals surface area contributed by atoms with Gasteiger partial charge in [0.25, 0.3) is 5.91 Å². The number of rotatable bonds is 2. The summed E-state index contributed by atoms with van der Waals surface area (Å²) in [5.74, 6) is 0.902. The second kappa shape index (κ2) is 5.41. The largest absolute Gasteiger partial charge is 0.481 e. The van der Waals surface area contributed by atoms with Gasteiger partial charge in [0.15, 0.2) is 0 Å². The Morgan fingerprint density at radius 3 is 2.90 bits per heavy atom. The molecular weight excluding hydrogens is 294 g/mol. The highest BCUT2D eigenvalue weighted by molar-refractivity contribution is 7.98. The first-order chi connectivity index (χ1) is 9.58. The molecule has 6 heteroatoms. The Hall–Kier alpha value is -1.01. The zero-order valence-corrected chi connectivity index (χ0v) is 12.9. The molecule has 2 atom stereocenters. The molecule has 20 heavy (non-hydrogen) atoms. The Labute approximate surface area is 126 Å². The van der Waals surface area contributed by atoms with Gasteiger partial charge in [-0.3, -0.25) is 9.59 Å². The van der Waals surface area contributed by atoms with Gasteiger partial charge in [-0.1, -0.05) is 0 Å². The van der Waals surface area contributed by atoms with Gasteiger partial charge in [-0.25, -0.2) is 0 Å². The molecule has 0 aromatic carbocycles. The van der Waals surface area contributed by atoms with Gasteiger partial charge < -0.3 is 10.0 Å². The number of nitrogens with zero attached hydrogens (tertiary/aromatic N) is 1. The smallest absolute Gasteiger partial charge is 0.308 e. The van der Waals surface area contributed by atoms with Crippen LogP contribution in [0.3, 0.4) is 0 Å². The number of carboxylic acid groups (broad SMARTS) is 1. The van der Waals surface area contributed by atoms with Crippen molar-refractivity contribution in [3.05, 3.63) is 21.4 Å². The van der Waals surface area contributed by atoms with E-state index in [4.69, 9.17) is 5.11 Å². The van der Waals surface area contributed by atoms with Crippen LogP contribution in [0.1, 0.15) is 33.5 Å². The molecule has 2 aliphatic rings. The lowest BCUT2D eigenvalue weighted by atomic mass is 10.0. The van der Waals surface area contributed by atoms with Gasteiger partial charge in [-0.15, -0.1) is 11.3 Å². The van der Waals surface area contributed by atoms with E-state index in [0.717, 1.165) is 22.8 Å². The highest BCUT2D eigenvalue weighted by Gasteiger charge is 2.38. The first kappa shape index (κ1) is 13.9. The molecule has 3 rings (SSSR count). The van der Waals surface area contributed by atoms with E-state index < -0.39 is 11.9 Å². The van der Waals surface area contributed by atoms with Crippen molar-refractivity contribution in [2.24, 2.45) is 5.92 Å². The fraction of sp³-hybridized carbons (Fsp3) is 0.571. The second-order valence-electron chi connectivity index (χ2n) is 5.33. The van der Waals surface area contributed by atoms with Gasteiger partial charge in [-0.05, 0) is 37.1 Å². The molecule has 1 saturated heterocycles. The highest BCUT2D eigenvalue weighted by atomic mass is 32.2. The molecule has 2 aliphatic heterocycles. The van der Waals surface area contributed by atoms with E-state index in [1.54, 1.807) is 16.2 Å². The number of amides is 1. The molecule has 1 aromatic heterocycles. The van der Waals surface area contributed by atoms with E-state index in [2.05, 4.69) is 0 Å². The molecule has 0 bridgehead atoms. The minimum Gasteiger partial charge on any atom is -0.481 e. The number of hydrogen-bond acceptors (Lipinski definition) is 4. The van der Waals surface area contributed by atoms with Crippen molar-refractivity contribution in [1.82, 2.24) is 4.90 Å². The maximum absolute atomic E-state index is 12.6. The molecule has 0 saturated carbocycles. The SMILES string of the molecule is CC1C(C(=O)O)CCN1C(=O)c1cc2c(s1)CCSC2. The monoisotopic (exact) mass is 311 g/mol. The molecule has 0 aliphatic carbocycles. The van der Waals surface area contributed by atoms with Crippen molar-refractivity contribution in [1.29, 1.82) is 0 Å². The van der Waals surface area contributed by atoms with Gasteiger partial charge in [0.05, 0.1) is 10.8 Å². The molecule has 108 valence electrons. The second-order valence-corrected chi connectivity index (χ2v) is 7.58. The quantitative estimate of drug-likeness (QED) is 0.911. The Morgan fingerprint density at radius 1 is 1.45 bits per heavy atom. The highest BCUT2D eigenvalue weighted by Crippen LogP contribution is 2.34. The molecular formula is C14H17NO3S2. The average Bonchev–Trinajstić information content (AvgIpc) is 3.01. The Bertz CT molecular complexity index is 531. The minimum atomic E-state index is -0.797. The summed E-state index contributed by atoms with van der Waals surface area (Å²) in [7, 11) is 0. The van der Waals surface area contributed by atoms with Crippen molar-refractivity contribution >= 4 is 35.0 Å². The van der Waals surface area contributed by atoms with Crippen molar-refractivity contribution in [3.8, 4) is 0 Å². The summed E-state index contributed by atoms with van der Waals surface area (Å²) < 4.78 is 0. The van der Waals surface area contributed by atoms with Crippen LogP contribution in [0.25, 0.3) is 0 Å². The van der Waals surface area contributed by atoms with E-state index in [0.29, 0.717) is 13.0 Å². The number of likely N-dealkylation sites (tertiary alicyclic amines) is 1. The normalized spacial score (nSPS) is 25.6. The molecule has 1 N–H and O–H groups in total. The van der Waals surface area contributed by atoms with E-state index in [-0.39, 0.29) is 11.9 Å². The number of fused-ring (bicyclic) bond motifs is 1. The van der Waals surface area contributed by atoms with Crippen LogP contribution in [-0.4, -0.2) is 40.2 Å². The summed E-state index contributed by atoms with van der Waals surface area (Å²) in [5, 5.41) is 9.15. The van der Waals surface area contributed by atoms with Crippen LogP contribution in [-0.2, 0) is 17.0 Å². The molecule has 2 unspecified atom stereocenters. The van der Waals surface area contributed by atoms with Crippen molar-refractivity contribution in [2.75, 3.05) is 12.3 Å². The van der Waals surface area contributed by atoms with Gasteiger partial charge in [0.1, 0.15) is 0 Å². The van der Waals surface area contributed by atoms with Gasteiger partial charge in [-0.2, -0.15) is 11.8 Å². The van der Waals surface area contributed by atoms with E-state index in [1.807, 2.05) is 24.8 Å². The molecule has 4 nitrogen and oxygen atoms in total. The Balaban J connectivity index is 1.79. The summed E-state index contributed by atoms with van der Waals surface area (Å²) in [5.41, 5.74) is 1.29. The lowest BCUT2D eigenvalue weighted by molar-refractivity contribution is -0.142. The number of carboxylic acids is 1. The fourth-order valence-electron chi connectivity index (χ4n) is 2.95. The number of carbonyl (C=O) groups excluding carboxylic acids is 1. The maximum Gasteiger partial charge on any atom is 0.308 e. The predicted molar refractivity (Wildman–Crippen MR) is 80.4 cm³/mol. The van der Waals surface area contributed by atoms with Gasteiger partial charge >= 0.3 is 5.97 Å². The average molecular weight is 311 g/mol. The zero-order chi connectivity index (χ0) is 14.3. The van der Waals surface area contributed by atoms with Gasteiger partial charge in [0, 0.05) is 23.2 Å². The zero-order valence-electron chi connectivity index (χ0n) is 11.3.